The summed E-state index contributed by atoms with van der Waals surface area (Å²) in [6, 6.07) is 21.7. The molecule has 26 nitrogen and oxygen atoms in total. The molecule has 2 aromatic heterocycles. The zero-order valence-corrected chi connectivity index (χ0v) is 52.1. The summed E-state index contributed by atoms with van der Waals surface area (Å²) < 4.78 is 40.8. The number of aliphatic carboxylic acids is 1. The minimum absolute atomic E-state index is 0.0358. The third-order valence-electron chi connectivity index (χ3n) is 15.8. The van der Waals surface area contributed by atoms with Gasteiger partial charge < -0.3 is 87.1 Å². The highest BCUT2D eigenvalue weighted by Gasteiger charge is 2.46. The standard InChI is InChI=1S/C61H86N13O13PS/c1-2-28-73(29-23-44(62)59(80)81)38-47-53(76)54(77)58(87-47)74-46-37-68-72-55(63)52(46)70-60(74)67-25-12-11-24-66-57(79)43-22-21-40(36-48(43)88(83,41-15-5-3-6-16-41)42-17-7-4-8-18-42)56(78)65-27-14-31-85-33-35-86-34-32-84-30-13-26-64-50(75)20-10-9-19-49-51-45(39-89-49)69-61(82)71-51/h3-8,15-18,21-22,36-37,44-45,47,49,51,53-54,58,76-77H,2,9-14,19-20,23-35,38-39,62H2,1H3,(H2,63,72)(H,64,75)(H,65,78)(H,66,79)(H,67,70)(H,80,81)(H2,69,71,82)/t44-,45-,47+,49-,51-,53-,54?,58+/m0/s1. The molecule has 5 amide bonds. The number of urea groups is 1. The number of amides is 5. The van der Waals surface area contributed by atoms with Crippen LogP contribution < -0.4 is 59.3 Å². The van der Waals surface area contributed by atoms with Crippen LogP contribution >= 0.6 is 18.9 Å². The van der Waals surface area contributed by atoms with Gasteiger partial charge >= 0.3 is 12.0 Å². The fourth-order valence-electron chi connectivity index (χ4n) is 11.1. The number of carbonyl (C=O) groups is 5. The van der Waals surface area contributed by atoms with Crippen LogP contribution in [0.5, 0.6) is 0 Å². The molecule has 3 aliphatic rings. The van der Waals surface area contributed by atoms with Crippen molar-refractivity contribution < 1.29 is 62.8 Å². The number of aromatic nitrogens is 4. The molecular weight excluding hydrogens is 1190 g/mol. The molecule has 8 atom stereocenters. The number of aliphatic hydroxyl groups excluding tert-OH is 2. The van der Waals surface area contributed by atoms with Crippen LogP contribution in [0.1, 0.15) is 98.1 Å². The monoisotopic (exact) mass is 1270 g/mol. The fraction of sp³-hybridized carbons (Fsp3) is 0.541. The van der Waals surface area contributed by atoms with E-state index in [4.69, 9.17) is 30.4 Å². The molecule has 3 fully saturated rings. The Labute approximate surface area is 522 Å². The van der Waals surface area contributed by atoms with Crippen LogP contribution in [-0.4, -0.2) is 203 Å². The van der Waals surface area contributed by atoms with Gasteiger partial charge in [0.2, 0.25) is 11.9 Å². The van der Waals surface area contributed by atoms with E-state index in [1.54, 1.807) is 65.2 Å². The smallest absolute Gasteiger partial charge is 0.320 e. The first-order valence-corrected chi connectivity index (χ1v) is 33.5. The van der Waals surface area contributed by atoms with E-state index in [-0.39, 0.29) is 71.7 Å². The van der Waals surface area contributed by atoms with Gasteiger partial charge in [-0.15, -0.1) is 5.10 Å². The number of thioether (sulfide) groups is 1. The Kier molecular flexibility index (Phi) is 26.4. The molecule has 89 heavy (non-hydrogen) atoms. The van der Waals surface area contributed by atoms with E-state index in [2.05, 4.69) is 47.1 Å². The maximum absolute atomic E-state index is 15.8. The number of hydrogen-bond acceptors (Lipinski definition) is 20. The van der Waals surface area contributed by atoms with Gasteiger partial charge in [0.15, 0.2) is 19.2 Å². The predicted molar refractivity (Wildman–Crippen MR) is 340 cm³/mol. The van der Waals surface area contributed by atoms with Crippen molar-refractivity contribution in [2.24, 2.45) is 5.73 Å². The normalized spacial score (nSPS) is 20.1. The second-order valence-corrected chi connectivity index (χ2v) is 26.3. The highest BCUT2D eigenvalue weighted by atomic mass is 32.2. The molecule has 0 aliphatic carbocycles. The largest absolute Gasteiger partial charge is 0.480 e. The van der Waals surface area contributed by atoms with Crippen LogP contribution in [0.25, 0.3) is 11.0 Å². The topological polar surface area (TPSA) is 371 Å². The van der Waals surface area contributed by atoms with Gasteiger partial charge in [-0.05, 0) is 76.1 Å². The van der Waals surface area contributed by atoms with Crippen molar-refractivity contribution in [1.29, 1.82) is 0 Å². The van der Waals surface area contributed by atoms with Crippen molar-refractivity contribution in [2.45, 2.75) is 119 Å². The van der Waals surface area contributed by atoms with Crippen molar-refractivity contribution >= 4 is 87.3 Å². The second kappa shape index (κ2) is 34.4. The second-order valence-electron chi connectivity index (χ2n) is 22.3. The van der Waals surface area contributed by atoms with Crippen LogP contribution in [0.3, 0.4) is 0 Å². The van der Waals surface area contributed by atoms with Gasteiger partial charge in [0.25, 0.3) is 11.8 Å². The number of nitrogens with one attached hydrogen (secondary N) is 6. The highest BCUT2D eigenvalue weighted by molar-refractivity contribution is 8.00. The number of ether oxygens (including phenoxy) is 4. The number of carbonyl (C=O) groups excluding carboxylic acids is 4. The zero-order valence-electron chi connectivity index (χ0n) is 50.3. The number of rotatable bonds is 39. The SMILES string of the molecule is CCCN(CC[C@H](N)C(=O)O)C[C@H]1O[C@@H](n2c(NCCCCNC(=O)c3ccc(C(=O)NCCCOCCOCCOCCCNC(=O)CCCC[C@@H]4SC[C@@H]5NC(=O)N[C@@H]54)cc3P(=O)(c3ccccc3)c3ccccc3)nc3c(N)nncc32)C(O)[C@H]1O. The lowest BCUT2D eigenvalue weighted by Gasteiger charge is -2.27. The molecule has 3 saturated heterocycles. The number of hydrogen-bond donors (Lipinski definition) is 11. The van der Waals surface area contributed by atoms with Crippen LogP contribution in [0.15, 0.2) is 85.1 Å². The summed E-state index contributed by atoms with van der Waals surface area (Å²) in [6.45, 7) is 6.90. The summed E-state index contributed by atoms with van der Waals surface area (Å²) in [4.78, 5) is 70.0. The molecule has 0 saturated carbocycles. The summed E-state index contributed by atoms with van der Waals surface area (Å²) in [5.74, 6) is -0.714. The minimum Gasteiger partial charge on any atom is -0.480 e. The molecule has 13 N–H and O–H groups in total. The molecule has 0 radical (unpaired) electrons. The Bertz CT molecular complexity index is 3110. The van der Waals surface area contributed by atoms with Gasteiger partial charge in [-0.3, -0.25) is 23.7 Å². The summed E-state index contributed by atoms with van der Waals surface area (Å²) in [5, 5.41) is 59.7. The average Bonchev–Trinajstić information content (AvgIpc) is 1.71. The van der Waals surface area contributed by atoms with E-state index in [1.807, 2.05) is 35.7 Å². The number of benzene rings is 3. The zero-order chi connectivity index (χ0) is 63.1. The first kappa shape index (κ1) is 68.1. The van der Waals surface area contributed by atoms with Crippen molar-refractivity contribution in [2.75, 3.05) is 102 Å². The number of nitrogens with zero attached hydrogens (tertiary/aromatic N) is 5. The van der Waals surface area contributed by atoms with Gasteiger partial charge in [-0.2, -0.15) is 16.9 Å². The molecule has 3 aliphatic heterocycles. The van der Waals surface area contributed by atoms with Gasteiger partial charge in [-0.25, -0.2) is 9.78 Å². The lowest BCUT2D eigenvalue weighted by atomic mass is 10.0. The summed E-state index contributed by atoms with van der Waals surface area (Å²) >= 11 is 1.88. The van der Waals surface area contributed by atoms with E-state index >= 15 is 4.57 Å². The maximum atomic E-state index is 15.8. The number of anilines is 2. The summed E-state index contributed by atoms with van der Waals surface area (Å²) in [5.41, 5.74) is 13.1. The molecule has 484 valence electrons. The van der Waals surface area contributed by atoms with Crippen LogP contribution in [0, 0.1) is 0 Å². The number of nitrogens with two attached hydrogens (primary N) is 2. The third kappa shape index (κ3) is 18.7. The fourth-order valence-corrected chi connectivity index (χ4v) is 15.5. The third-order valence-corrected chi connectivity index (χ3v) is 20.4. The van der Waals surface area contributed by atoms with Crippen molar-refractivity contribution in [3.8, 4) is 0 Å². The number of imidazole rings is 1. The quantitative estimate of drug-likeness (QED) is 0.0153. The molecule has 0 spiro atoms. The predicted octanol–water partition coefficient (Wildman–Crippen LogP) is 2.21. The number of fused-ring (bicyclic) bond motifs is 2. The molecular formula is C61H86N13O13PS. The Morgan fingerprint density at radius 3 is 2.16 bits per heavy atom. The van der Waals surface area contributed by atoms with Gasteiger partial charge in [-0.1, -0.05) is 74.0 Å². The van der Waals surface area contributed by atoms with Crippen LogP contribution in [-0.2, 0) is 33.1 Å². The Morgan fingerprint density at radius 1 is 0.820 bits per heavy atom. The van der Waals surface area contributed by atoms with E-state index < -0.39 is 55.5 Å². The van der Waals surface area contributed by atoms with Crippen LogP contribution in [0.4, 0.5) is 16.6 Å². The molecule has 5 aromatic rings. The molecule has 1 unspecified atom stereocenters. The molecule has 28 heteroatoms. The van der Waals surface area contributed by atoms with Crippen molar-refractivity contribution in [3.63, 3.8) is 0 Å². The van der Waals surface area contributed by atoms with E-state index in [9.17, 15) is 39.3 Å². The number of carboxylic acid groups (broad SMARTS) is 1. The van der Waals surface area contributed by atoms with Crippen molar-refractivity contribution in [1.82, 2.24) is 51.2 Å². The molecule has 3 aromatic carbocycles. The number of nitrogen functional groups attached to an aromatic ring is 1. The van der Waals surface area contributed by atoms with Gasteiger partial charge in [0.1, 0.15) is 29.9 Å². The Balaban J connectivity index is 0.773. The average molecular weight is 1270 g/mol. The van der Waals surface area contributed by atoms with E-state index in [0.717, 1.165) is 31.4 Å². The molecule has 5 heterocycles. The maximum Gasteiger partial charge on any atom is 0.320 e. The van der Waals surface area contributed by atoms with Crippen molar-refractivity contribution in [3.05, 3.63) is 96.2 Å². The highest BCUT2D eigenvalue weighted by Crippen LogP contribution is 2.44. The lowest BCUT2D eigenvalue weighted by Crippen LogP contribution is -2.42. The number of aliphatic hydroxyl groups is 2. The summed E-state index contributed by atoms with van der Waals surface area (Å²) in [6.07, 6.45) is 3.13. The molecule has 8 rings (SSSR count). The number of unbranched alkanes of at least 4 members (excludes halogenated alkanes) is 2. The lowest BCUT2D eigenvalue weighted by molar-refractivity contribution is -0.138. The van der Waals surface area contributed by atoms with E-state index in [0.29, 0.717) is 131 Å². The molecule has 0 bridgehead atoms. The van der Waals surface area contributed by atoms with Crippen LogP contribution in [0.2, 0.25) is 0 Å². The first-order valence-electron chi connectivity index (χ1n) is 30.7. The minimum atomic E-state index is -3.77. The Hall–Kier alpha value is -6.78. The first-order chi connectivity index (χ1) is 43.2. The number of carboxylic acids is 1. The van der Waals surface area contributed by atoms with Gasteiger partial charge in [0.05, 0.1) is 55.8 Å². The van der Waals surface area contributed by atoms with E-state index in [1.165, 1.54) is 12.3 Å². The Morgan fingerprint density at radius 2 is 1.47 bits per heavy atom. The summed E-state index contributed by atoms with van der Waals surface area (Å²) in [7, 11) is -3.77. The van der Waals surface area contributed by atoms with Gasteiger partial charge in [0, 0.05) is 91.4 Å².